The molecule has 3 fully saturated rings. The third-order valence-corrected chi connectivity index (χ3v) is 6.75. The first-order valence-corrected chi connectivity index (χ1v) is 8.97. The summed E-state index contributed by atoms with van der Waals surface area (Å²) in [7, 11) is 0. The number of aliphatic hydroxyl groups is 1. The van der Waals surface area contributed by atoms with E-state index in [1.165, 1.54) is 57.8 Å². The zero-order valence-corrected chi connectivity index (χ0v) is 12.7. The van der Waals surface area contributed by atoms with Crippen molar-refractivity contribution in [3.8, 4) is 0 Å². The van der Waals surface area contributed by atoms with Crippen molar-refractivity contribution in [1.29, 1.82) is 0 Å². The molecule has 1 heteroatoms. The molecule has 1 N–H and O–H groups in total. The van der Waals surface area contributed by atoms with Crippen molar-refractivity contribution < 1.29 is 5.11 Å². The van der Waals surface area contributed by atoms with Gasteiger partial charge >= 0.3 is 0 Å². The molecule has 19 heavy (non-hydrogen) atoms. The summed E-state index contributed by atoms with van der Waals surface area (Å²) in [4.78, 5) is 0. The van der Waals surface area contributed by atoms with E-state index in [1.54, 1.807) is 0 Å². The predicted octanol–water partition coefficient (Wildman–Crippen LogP) is 4.78. The van der Waals surface area contributed by atoms with Gasteiger partial charge in [0.05, 0.1) is 6.10 Å². The number of rotatable bonds is 4. The van der Waals surface area contributed by atoms with Crippen molar-refractivity contribution in [3.63, 3.8) is 0 Å². The van der Waals surface area contributed by atoms with Crippen molar-refractivity contribution in [2.24, 2.45) is 29.6 Å². The first-order valence-electron chi connectivity index (χ1n) is 8.97. The SMILES string of the molecule is CCC(O)CCC1CCCC2C3CCCC3CCC12. The van der Waals surface area contributed by atoms with E-state index < -0.39 is 0 Å². The van der Waals surface area contributed by atoms with Crippen molar-refractivity contribution in [1.82, 2.24) is 0 Å². The lowest BCUT2D eigenvalue weighted by Crippen LogP contribution is -2.39. The highest BCUT2D eigenvalue weighted by Gasteiger charge is 2.45. The standard InChI is InChI=1S/C18H32O/c1-2-15(19)11-9-13-6-4-8-18-16-7-3-5-14(16)10-12-17(13)18/h13-19H,2-12H2,1H3. The first-order chi connectivity index (χ1) is 9.29. The summed E-state index contributed by atoms with van der Waals surface area (Å²) in [5, 5.41) is 9.83. The van der Waals surface area contributed by atoms with Gasteiger partial charge in [0.1, 0.15) is 0 Å². The van der Waals surface area contributed by atoms with Crippen molar-refractivity contribution in [3.05, 3.63) is 0 Å². The second kappa shape index (κ2) is 6.16. The molecule has 0 spiro atoms. The predicted molar refractivity (Wildman–Crippen MR) is 79.9 cm³/mol. The van der Waals surface area contributed by atoms with Gasteiger partial charge in [0, 0.05) is 0 Å². The molecule has 0 bridgehead atoms. The highest BCUT2D eigenvalue weighted by Crippen LogP contribution is 2.54. The third kappa shape index (κ3) is 2.86. The normalized spacial score (nSPS) is 43.6. The van der Waals surface area contributed by atoms with Crippen LogP contribution < -0.4 is 0 Å². The molecule has 0 radical (unpaired) electrons. The monoisotopic (exact) mass is 264 g/mol. The van der Waals surface area contributed by atoms with E-state index >= 15 is 0 Å². The molecule has 3 saturated carbocycles. The lowest BCUT2D eigenvalue weighted by molar-refractivity contribution is 0.0210. The van der Waals surface area contributed by atoms with Crippen LogP contribution in [-0.2, 0) is 0 Å². The third-order valence-electron chi connectivity index (χ3n) is 6.75. The van der Waals surface area contributed by atoms with Crippen LogP contribution in [0.2, 0.25) is 0 Å². The second-order valence-electron chi connectivity index (χ2n) is 7.59. The Morgan fingerprint density at radius 2 is 1.68 bits per heavy atom. The maximum atomic E-state index is 9.83. The Balaban J connectivity index is 1.60. The van der Waals surface area contributed by atoms with Crippen LogP contribution in [0.25, 0.3) is 0 Å². The fourth-order valence-corrected chi connectivity index (χ4v) is 5.74. The minimum Gasteiger partial charge on any atom is -0.393 e. The Labute approximate surface area is 119 Å². The van der Waals surface area contributed by atoms with Gasteiger partial charge in [-0.05, 0) is 74.5 Å². The van der Waals surface area contributed by atoms with Crippen molar-refractivity contribution in [2.75, 3.05) is 0 Å². The molecular formula is C18H32O. The lowest BCUT2D eigenvalue weighted by Gasteiger charge is -2.47. The second-order valence-corrected chi connectivity index (χ2v) is 7.59. The van der Waals surface area contributed by atoms with Gasteiger partial charge < -0.3 is 5.11 Å². The summed E-state index contributed by atoms with van der Waals surface area (Å²) in [5.74, 6) is 5.23. The molecule has 0 amide bonds. The van der Waals surface area contributed by atoms with Crippen LogP contribution in [0.4, 0.5) is 0 Å². The average Bonchev–Trinajstić information content (AvgIpc) is 2.93. The van der Waals surface area contributed by atoms with Crippen LogP contribution in [0.1, 0.15) is 77.6 Å². The molecule has 3 aliphatic carbocycles. The molecule has 6 atom stereocenters. The summed E-state index contributed by atoms with van der Waals surface area (Å²) < 4.78 is 0. The van der Waals surface area contributed by atoms with Gasteiger partial charge in [-0.15, -0.1) is 0 Å². The van der Waals surface area contributed by atoms with Crippen LogP contribution in [0.5, 0.6) is 0 Å². The molecular weight excluding hydrogens is 232 g/mol. The molecule has 0 aromatic heterocycles. The Kier molecular flexibility index (Phi) is 4.51. The Bertz CT molecular complexity index is 287. The molecule has 3 rings (SSSR count). The molecule has 6 unspecified atom stereocenters. The Hall–Kier alpha value is -0.0400. The molecule has 3 aliphatic rings. The van der Waals surface area contributed by atoms with E-state index in [1.807, 2.05) is 0 Å². The van der Waals surface area contributed by atoms with E-state index in [0.29, 0.717) is 0 Å². The highest BCUT2D eigenvalue weighted by atomic mass is 16.3. The van der Waals surface area contributed by atoms with Gasteiger partial charge in [0.2, 0.25) is 0 Å². The quantitative estimate of drug-likeness (QED) is 0.774. The van der Waals surface area contributed by atoms with Crippen LogP contribution in [-0.4, -0.2) is 11.2 Å². The maximum absolute atomic E-state index is 9.83. The molecule has 0 aromatic rings. The summed E-state index contributed by atoms with van der Waals surface area (Å²) in [6, 6.07) is 0. The zero-order valence-electron chi connectivity index (χ0n) is 12.7. The zero-order chi connectivity index (χ0) is 13.2. The largest absolute Gasteiger partial charge is 0.393 e. The number of fused-ring (bicyclic) bond motifs is 3. The van der Waals surface area contributed by atoms with E-state index in [4.69, 9.17) is 0 Å². The minimum absolute atomic E-state index is 0.0387. The van der Waals surface area contributed by atoms with Crippen LogP contribution >= 0.6 is 0 Å². The number of aliphatic hydroxyl groups excluding tert-OH is 1. The molecule has 0 heterocycles. The van der Waals surface area contributed by atoms with Crippen molar-refractivity contribution >= 4 is 0 Å². The Morgan fingerprint density at radius 1 is 0.895 bits per heavy atom. The lowest BCUT2D eigenvalue weighted by atomic mass is 9.58. The topological polar surface area (TPSA) is 20.2 Å². The van der Waals surface area contributed by atoms with Gasteiger partial charge in [-0.1, -0.05) is 32.6 Å². The van der Waals surface area contributed by atoms with Gasteiger partial charge in [-0.2, -0.15) is 0 Å². The molecule has 0 saturated heterocycles. The van der Waals surface area contributed by atoms with Gasteiger partial charge in [-0.25, -0.2) is 0 Å². The fraction of sp³-hybridized carbons (Fsp3) is 1.00. The van der Waals surface area contributed by atoms with E-state index in [0.717, 1.165) is 42.4 Å². The van der Waals surface area contributed by atoms with Crippen LogP contribution in [0.15, 0.2) is 0 Å². The summed E-state index contributed by atoms with van der Waals surface area (Å²) >= 11 is 0. The summed E-state index contributed by atoms with van der Waals surface area (Å²) in [5.41, 5.74) is 0. The highest BCUT2D eigenvalue weighted by molar-refractivity contribution is 4.95. The Morgan fingerprint density at radius 3 is 2.53 bits per heavy atom. The van der Waals surface area contributed by atoms with Gasteiger partial charge in [0.15, 0.2) is 0 Å². The molecule has 0 aromatic carbocycles. The molecule has 0 aliphatic heterocycles. The van der Waals surface area contributed by atoms with E-state index in [2.05, 4.69) is 6.92 Å². The smallest absolute Gasteiger partial charge is 0.0537 e. The number of hydrogen-bond acceptors (Lipinski definition) is 1. The minimum atomic E-state index is -0.0387. The van der Waals surface area contributed by atoms with Crippen LogP contribution in [0, 0.1) is 29.6 Å². The van der Waals surface area contributed by atoms with E-state index in [-0.39, 0.29) is 6.10 Å². The summed E-state index contributed by atoms with van der Waals surface area (Å²) in [6.07, 6.45) is 15.3. The maximum Gasteiger partial charge on any atom is 0.0537 e. The fourth-order valence-electron chi connectivity index (χ4n) is 5.74. The molecule has 110 valence electrons. The first kappa shape index (κ1) is 13.9. The number of hydrogen-bond donors (Lipinski definition) is 1. The molecule has 1 nitrogen and oxygen atoms in total. The van der Waals surface area contributed by atoms with Crippen molar-refractivity contribution in [2.45, 2.75) is 83.7 Å². The summed E-state index contributed by atoms with van der Waals surface area (Å²) in [6.45, 7) is 2.11. The van der Waals surface area contributed by atoms with Gasteiger partial charge in [-0.3, -0.25) is 0 Å². The van der Waals surface area contributed by atoms with Gasteiger partial charge in [0.25, 0.3) is 0 Å². The van der Waals surface area contributed by atoms with E-state index in [9.17, 15) is 5.11 Å². The average molecular weight is 264 g/mol. The van der Waals surface area contributed by atoms with Crippen LogP contribution in [0.3, 0.4) is 0 Å².